The molecule has 1 aromatic heterocycles. The number of aliphatic hydroxyl groups is 1. The third kappa shape index (κ3) is 2.42. The summed E-state index contributed by atoms with van der Waals surface area (Å²) in [5.41, 5.74) is -0.700. The van der Waals surface area contributed by atoms with E-state index in [4.69, 9.17) is 5.11 Å². The molecular formula is C8H8F3NO. The molecule has 0 unspecified atom stereocenters. The van der Waals surface area contributed by atoms with Crippen molar-refractivity contribution in [2.75, 3.05) is 6.61 Å². The average Bonchev–Trinajstić information content (AvgIpc) is 2.04. The molecule has 0 saturated carbocycles. The number of hydrogen-bond donors (Lipinski definition) is 1. The SMILES string of the molecule is OCCc1ccncc1C(F)(F)F. The van der Waals surface area contributed by atoms with Crippen LogP contribution in [0, 0.1) is 0 Å². The molecule has 0 radical (unpaired) electrons. The largest absolute Gasteiger partial charge is 0.418 e. The second-order valence-corrected chi connectivity index (χ2v) is 2.50. The van der Waals surface area contributed by atoms with Crippen LogP contribution in [0.2, 0.25) is 0 Å². The minimum absolute atomic E-state index is 0.00262. The fourth-order valence-corrected chi connectivity index (χ4v) is 1.02. The van der Waals surface area contributed by atoms with Gasteiger partial charge in [-0.05, 0) is 18.1 Å². The zero-order chi connectivity index (χ0) is 9.90. The van der Waals surface area contributed by atoms with Crippen LogP contribution in [0.3, 0.4) is 0 Å². The monoisotopic (exact) mass is 191 g/mol. The molecule has 1 aromatic rings. The Morgan fingerprint density at radius 1 is 1.38 bits per heavy atom. The summed E-state index contributed by atoms with van der Waals surface area (Å²) in [6.45, 7) is -0.299. The van der Waals surface area contributed by atoms with Crippen molar-refractivity contribution >= 4 is 0 Å². The lowest BCUT2D eigenvalue weighted by molar-refractivity contribution is -0.138. The van der Waals surface area contributed by atoms with Crippen molar-refractivity contribution in [2.45, 2.75) is 12.6 Å². The van der Waals surface area contributed by atoms with Gasteiger partial charge in [0.15, 0.2) is 0 Å². The number of alkyl halides is 3. The fourth-order valence-electron chi connectivity index (χ4n) is 1.02. The average molecular weight is 191 g/mol. The molecule has 1 heterocycles. The van der Waals surface area contributed by atoms with E-state index in [1.165, 1.54) is 12.3 Å². The molecular weight excluding hydrogens is 183 g/mol. The first-order valence-corrected chi connectivity index (χ1v) is 3.66. The van der Waals surface area contributed by atoms with Crippen LogP contribution in [0.1, 0.15) is 11.1 Å². The van der Waals surface area contributed by atoms with Gasteiger partial charge in [0.2, 0.25) is 0 Å². The first-order chi connectivity index (χ1) is 6.05. The molecule has 0 bridgehead atoms. The molecule has 0 aliphatic rings. The van der Waals surface area contributed by atoms with Crippen LogP contribution in [-0.2, 0) is 12.6 Å². The van der Waals surface area contributed by atoms with Gasteiger partial charge in [-0.25, -0.2) is 0 Å². The molecule has 0 aliphatic heterocycles. The topological polar surface area (TPSA) is 33.1 Å². The fraction of sp³-hybridized carbons (Fsp3) is 0.375. The first kappa shape index (κ1) is 9.98. The van der Waals surface area contributed by atoms with Crippen molar-refractivity contribution in [3.05, 3.63) is 29.6 Å². The van der Waals surface area contributed by atoms with E-state index >= 15 is 0 Å². The van der Waals surface area contributed by atoms with Gasteiger partial charge in [-0.3, -0.25) is 4.98 Å². The lowest BCUT2D eigenvalue weighted by Gasteiger charge is -2.10. The predicted molar refractivity (Wildman–Crippen MR) is 40.0 cm³/mol. The second-order valence-electron chi connectivity index (χ2n) is 2.50. The van der Waals surface area contributed by atoms with Crippen LogP contribution in [0.5, 0.6) is 0 Å². The predicted octanol–water partition coefficient (Wildman–Crippen LogP) is 1.64. The molecule has 5 heteroatoms. The third-order valence-corrected chi connectivity index (χ3v) is 1.60. The Morgan fingerprint density at radius 3 is 2.62 bits per heavy atom. The molecule has 1 rings (SSSR count). The molecule has 72 valence electrons. The Bertz CT molecular complexity index is 285. The molecule has 2 nitrogen and oxygen atoms in total. The van der Waals surface area contributed by atoms with E-state index in [1.54, 1.807) is 0 Å². The number of rotatable bonds is 2. The Labute approximate surface area is 73.0 Å². The van der Waals surface area contributed by atoms with Gasteiger partial charge >= 0.3 is 6.18 Å². The molecule has 13 heavy (non-hydrogen) atoms. The van der Waals surface area contributed by atoms with E-state index in [2.05, 4.69) is 4.98 Å². The summed E-state index contributed by atoms with van der Waals surface area (Å²) >= 11 is 0. The minimum Gasteiger partial charge on any atom is -0.396 e. The minimum atomic E-state index is -4.39. The summed E-state index contributed by atoms with van der Waals surface area (Å²) in [7, 11) is 0. The Hall–Kier alpha value is -1.10. The van der Waals surface area contributed by atoms with Gasteiger partial charge in [0.05, 0.1) is 5.56 Å². The summed E-state index contributed by atoms with van der Waals surface area (Å²) in [6.07, 6.45) is -2.35. The summed E-state index contributed by atoms with van der Waals surface area (Å²) < 4.78 is 36.8. The Kier molecular flexibility index (Phi) is 2.87. The zero-order valence-electron chi connectivity index (χ0n) is 6.67. The van der Waals surface area contributed by atoms with Crippen molar-refractivity contribution in [1.29, 1.82) is 0 Å². The molecule has 0 aromatic carbocycles. The van der Waals surface area contributed by atoms with Crippen molar-refractivity contribution in [3.63, 3.8) is 0 Å². The van der Waals surface area contributed by atoms with E-state index < -0.39 is 11.7 Å². The van der Waals surface area contributed by atoms with E-state index in [9.17, 15) is 13.2 Å². The Morgan fingerprint density at radius 2 is 2.08 bits per heavy atom. The highest BCUT2D eigenvalue weighted by Crippen LogP contribution is 2.31. The molecule has 0 aliphatic carbocycles. The first-order valence-electron chi connectivity index (χ1n) is 3.66. The summed E-state index contributed by atoms with van der Waals surface area (Å²) in [5, 5.41) is 8.52. The highest BCUT2D eigenvalue weighted by Gasteiger charge is 2.33. The maximum absolute atomic E-state index is 12.3. The van der Waals surface area contributed by atoms with Crippen molar-refractivity contribution < 1.29 is 18.3 Å². The summed E-state index contributed by atoms with van der Waals surface area (Å²) in [4.78, 5) is 3.39. The summed E-state index contributed by atoms with van der Waals surface area (Å²) in [5.74, 6) is 0. The normalized spacial score (nSPS) is 11.7. The van der Waals surface area contributed by atoms with Crippen LogP contribution in [0.25, 0.3) is 0 Å². The van der Waals surface area contributed by atoms with E-state index in [1.807, 2.05) is 0 Å². The highest BCUT2D eigenvalue weighted by atomic mass is 19.4. The number of pyridine rings is 1. The molecule has 0 spiro atoms. The van der Waals surface area contributed by atoms with Crippen LogP contribution >= 0.6 is 0 Å². The maximum atomic E-state index is 12.3. The van der Waals surface area contributed by atoms with E-state index in [0.717, 1.165) is 6.20 Å². The van der Waals surface area contributed by atoms with Crippen LogP contribution in [-0.4, -0.2) is 16.7 Å². The lowest BCUT2D eigenvalue weighted by atomic mass is 10.1. The van der Waals surface area contributed by atoms with Crippen LogP contribution in [0.15, 0.2) is 18.5 Å². The van der Waals surface area contributed by atoms with Gasteiger partial charge in [-0.15, -0.1) is 0 Å². The Balaban J connectivity index is 3.05. The van der Waals surface area contributed by atoms with Crippen molar-refractivity contribution in [3.8, 4) is 0 Å². The molecule has 1 N–H and O–H groups in total. The van der Waals surface area contributed by atoms with Gasteiger partial charge < -0.3 is 5.11 Å². The number of hydrogen-bond acceptors (Lipinski definition) is 2. The van der Waals surface area contributed by atoms with Crippen molar-refractivity contribution in [2.24, 2.45) is 0 Å². The second kappa shape index (κ2) is 3.74. The number of halogens is 3. The maximum Gasteiger partial charge on any atom is 0.418 e. The van der Waals surface area contributed by atoms with Gasteiger partial charge in [0.1, 0.15) is 0 Å². The molecule has 0 saturated heterocycles. The van der Waals surface area contributed by atoms with Gasteiger partial charge in [-0.1, -0.05) is 0 Å². The number of aliphatic hydroxyl groups excluding tert-OH is 1. The van der Waals surface area contributed by atoms with Crippen LogP contribution in [0.4, 0.5) is 13.2 Å². The van der Waals surface area contributed by atoms with Gasteiger partial charge in [0, 0.05) is 19.0 Å². The molecule has 0 amide bonds. The van der Waals surface area contributed by atoms with Crippen LogP contribution < -0.4 is 0 Å². The summed E-state index contributed by atoms with van der Waals surface area (Å²) in [6, 6.07) is 1.26. The molecule has 0 atom stereocenters. The third-order valence-electron chi connectivity index (χ3n) is 1.60. The standard InChI is InChI=1S/C8H8F3NO/c9-8(10,11)7-5-12-3-1-6(7)2-4-13/h1,3,5,13H,2,4H2. The smallest absolute Gasteiger partial charge is 0.396 e. The lowest BCUT2D eigenvalue weighted by Crippen LogP contribution is -2.10. The van der Waals surface area contributed by atoms with Gasteiger partial charge in [0.25, 0.3) is 0 Å². The zero-order valence-corrected chi connectivity index (χ0v) is 6.67. The van der Waals surface area contributed by atoms with Crippen molar-refractivity contribution in [1.82, 2.24) is 4.98 Å². The van der Waals surface area contributed by atoms with E-state index in [-0.39, 0.29) is 18.6 Å². The highest BCUT2D eigenvalue weighted by molar-refractivity contribution is 5.26. The molecule has 0 fully saturated rings. The quantitative estimate of drug-likeness (QED) is 0.770. The number of nitrogens with zero attached hydrogens (tertiary/aromatic N) is 1. The van der Waals surface area contributed by atoms with Gasteiger partial charge in [-0.2, -0.15) is 13.2 Å². The number of aromatic nitrogens is 1. The van der Waals surface area contributed by atoms with E-state index in [0.29, 0.717) is 0 Å².